The first-order valence-corrected chi connectivity index (χ1v) is 8.89. The summed E-state index contributed by atoms with van der Waals surface area (Å²) in [5.74, 6) is 0.743. The van der Waals surface area contributed by atoms with Gasteiger partial charge in [0, 0.05) is 9.77 Å². The molecule has 1 aromatic carbocycles. The Bertz CT molecular complexity index is 895. The maximum absolute atomic E-state index is 12.4. The van der Waals surface area contributed by atoms with Gasteiger partial charge in [0.25, 0.3) is 5.56 Å². The van der Waals surface area contributed by atoms with Crippen LogP contribution in [0.25, 0.3) is 10.2 Å². The average molecular weight is 330 g/mol. The molecule has 3 nitrogen and oxygen atoms in total. The van der Waals surface area contributed by atoms with Gasteiger partial charge in [-0.05, 0) is 44.9 Å². The zero-order valence-corrected chi connectivity index (χ0v) is 14.7. The molecule has 0 saturated heterocycles. The van der Waals surface area contributed by atoms with Gasteiger partial charge in [-0.25, -0.2) is 4.98 Å². The molecule has 0 amide bonds. The van der Waals surface area contributed by atoms with Crippen LogP contribution >= 0.6 is 23.1 Å². The molecule has 0 saturated carbocycles. The van der Waals surface area contributed by atoms with Crippen molar-refractivity contribution in [2.75, 3.05) is 0 Å². The van der Waals surface area contributed by atoms with Crippen LogP contribution in [0.1, 0.15) is 34.0 Å². The normalized spacial score (nSPS) is 12.7. The molecule has 0 radical (unpaired) electrons. The second-order valence-corrected chi connectivity index (χ2v) is 8.03. The molecule has 0 aliphatic heterocycles. The lowest BCUT2D eigenvalue weighted by Crippen LogP contribution is -2.12. The molecule has 1 atom stereocenters. The van der Waals surface area contributed by atoms with Crippen LogP contribution in [0.2, 0.25) is 0 Å². The first-order chi connectivity index (χ1) is 10.5. The highest BCUT2D eigenvalue weighted by molar-refractivity contribution is 7.99. The number of fused-ring (bicyclic) bond motifs is 1. The number of hydrogen-bond acceptors (Lipinski definition) is 4. The Morgan fingerprint density at radius 2 is 1.95 bits per heavy atom. The molecule has 22 heavy (non-hydrogen) atoms. The third-order valence-electron chi connectivity index (χ3n) is 3.84. The van der Waals surface area contributed by atoms with Crippen molar-refractivity contribution in [2.45, 2.75) is 37.8 Å². The highest BCUT2D eigenvalue weighted by atomic mass is 32.2. The summed E-state index contributed by atoms with van der Waals surface area (Å²) in [6, 6.07) is 8.27. The van der Waals surface area contributed by atoms with E-state index in [0.717, 1.165) is 26.5 Å². The Hall–Kier alpha value is -1.59. The predicted molar refractivity (Wildman–Crippen MR) is 95.2 cm³/mol. The van der Waals surface area contributed by atoms with Crippen molar-refractivity contribution >= 4 is 33.3 Å². The van der Waals surface area contributed by atoms with Gasteiger partial charge in [0.2, 0.25) is 0 Å². The molecule has 0 bridgehead atoms. The van der Waals surface area contributed by atoms with Crippen LogP contribution in [0.3, 0.4) is 0 Å². The van der Waals surface area contributed by atoms with Crippen LogP contribution in [0, 0.1) is 20.8 Å². The summed E-state index contributed by atoms with van der Waals surface area (Å²) in [6.07, 6.45) is 0. The fourth-order valence-corrected chi connectivity index (χ4v) is 4.45. The summed E-state index contributed by atoms with van der Waals surface area (Å²) < 4.78 is 0. The molecule has 1 N–H and O–H groups in total. The number of aryl methyl sites for hydroxylation is 3. The topological polar surface area (TPSA) is 45.8 Å². The smallest absolute Gasteiger partial charge is 0.259 e. The molecule has 0 spiro atoms. The molecular formula is C17H18N2OS2. The highest BCUT2D eigenvalue weighted by Gasteiger charge is 2.16. The standard InChI is InChI=1S/C17H18N2OS2/c1-9-7-5-6-8-13(9)21-12(4)15-18-16(20)14-10(2)11(3)22-17(14)19-15/h5-8,12H,1-4H3,(H,18,19,20). The first kappa shape index (κ1) is 15.3. The van der Waals surface area contributed by atoms with E-state index >= 15 is 0 Å². The van der Waals surface area contributed by atoms with Crippen LogP contribution in [0.5, 0.6) is 0 Å². The number of nitrogens with one attached hydrogen (secondary N) is 1. The van der Waals surface area contributed by atoms with Gasteiger partial charge in [0.05, 0.1) is 10.6 Å². The van der Waals surface area contributed by atoms with Crippen molar-refractivity contribution in [1.29, 1.82) is 0 Å². The fourth-order valence-electron chi connectivity index (χ4n) is 2.40. The number of thiophene rings is 1. The van der Waals surface area contributed by atoms with Crippen molar-refractivity contribution in [2.24, 2.45) is 0 Å². The molecule has 0 aliphatic carbocycles. The van der Waals surface area contributed by atoms with Crippen LogP contribution in [-0.4, -0.2) is 9.97 Å². The number of nitrogens with zero attached hydrogens (tertiary/aromatic N) is 1. The van der Waals surface area contributed by atoms with Crippen molar-refractivity contribution in [3.63, 3.8) is 0 Å². The van der Waals surface area contributed by atoms with Gasteiger partial charge in [-0.2, -0.15) is 0 Å². The fraction of sp³-hybridized carbons (Fsp3) is 0.294. The van der Waals surface area contributed by atoms with Gasteiger partial charge in [-0.1, -0.05) is 18.2 Å². The van der Waals surface area contributed by atoms with Gasteiger partial charge >= 0.3 is 0 Å². The van der Waals surface area contributed by atoms with Crippen molar-refractivity contribution in [3.8, 4) is 0 Å². The first-order valence-electron chi connectivity index (χ1n) is 7.19. The molecular weight excluding hydrogens is 312 g/mol. The van der Waals surface area contributed by atoms with Crippen molar-refractivity contribution < 1.29 is 0 Å². The summed E-state index contributed by atoms with van der Waals surface area (Å²) in [7, 11) is 0. The van der Waals surface area contributed by atoms with Crippen molar-refractivity contribution in [3.05, 3.63) is 56.4 Å². The monoisotopic (exact) mass is 330 g/mol. The summed E-state index contributed by atoms with van der Waals surface area (Å²) in [5, 5.41) is 0.834. The predicted octanol–water partition coefficient (Wildman–Crippen LogP) is 4.76. The van der Waals surface area contributed by atoms with Gasteiger partial charge in [-0.15, -0.1) is 23.1 Å². The molecule has 2 aromatic heterocycles. The van der Waals surface area contributed by atoms with Gasteiger partial charge in [0.15, 0.2) is 0 Å². The van der Waals surface area contributed by atoms with E-state index in [-0.39, 0.29) is 10.8 Å². The number of aromatic amines is 1. The van der Waals surface area contributed by atoms with Crippen molar-refractivity contribution in [1.82, 2.24) is 9.97 Å². The van der Waals surface area contributed by atoms with E-state index in [1.54, 1.807) is 23.1 Å². The van der Waals surface area contributed by atoms with E-state index in [2.05, 4.69) is 35.9 Å². The molecule has 3 aromatic rings. The lowest BCUT2D eigenvalue weighted by molar-refractivity contribution is 0.924. The third-order valence-corrected chi connectivity index (χ3v) is 6.23. The van der Waals surface area contributed by atoms with Crippen LogP contribution in [0.4, 0.5) is 0 Å². The Morgan fingerprint density at radius 1 is 1.23 bits per heavy atom. The van der Waals surface area contributed by atoms with Crippen LogP contribution in [0.15, 0.2) is 34.0 Å². The Morgan fingerprint density at radius 3 is 2.68 bits per heavy atom. The number of thioether (sulfide) groups is 1. The minimum Gasteiger partial charge on any atom is -0.309 e. The van der Waals surface area contributed by atoms with E-state index in [9.17, 15) is 4.79 Å². The second-order valence-electron chi connectivity index (χ2n) is 5.44. The zero-order chi connectivity index (χ0) is 15.9. The Kier molecular flexibility index (Phi) is 4.10. The lowest BCUT2D eigenvalue weighted by atomic mass is 10.2. The van der Waals surface area contributed by atoms with E-state index in [1.807, 2.05) is 26.0 Å². The van der Waals surface area contributed by atoms with E-state index in [1.165, 1.54) is 10.5 Å². The summed E-state index contributed by atoms with van der Waals surface area (Å²) in [5.41, 5.74) is 2.25. The molecule has 0 fully saturated rings. The third kappa shape index (κ3) is 2.71. The molecule has 2 heterocycles. The van der Waals surface area contributed by atoms with Gasteiger partial charge < -0.3 is 4.98 Å². The number of hydrogen-bond donors (Lipinski definition) is 1. The molecule has 5 heteroatoms. The quantitative estimate of drug-likeness (QED) is 0.704. The number of aromatic nitrogens is 2. The number of rotatable bonds is 3. The van der Waals surface area contributed by atoms with E-state index in [4.69, 9.17) is 0 Å². The summed E-state index contributed by atoms with van der Waals surface area (Å²) >= 11 is 3.32. The van der Waals surface area contributed by atoms with E-state index in [0.29, 0.717) is 0 Å². The average Bonchev–Trinajstić information content (AvgIpc) is 2.76. The van der Waals surface area contributed by atoms with Crippen LogP contribution < -0.4 is 5.56 Å². The minimum atomic E-state index is -0.0286. The van der Waals surface area contributed by atoms with Gasteiger partial charge in [-0.3, -0.25) is 4.79 Å². The summed E-state index contributed by atoms with van der Waals surface area (Å²) in [4.78, 5) is 23.2. The molecule has 3 rings (SSSR count). The van der Waals surface area contributed by atoms with E-state index < -0.39 is 0 Å². The summed E-state index contributed by atoms with van der Waals surface area (Å²) in [6.45, 7) is 8.19. The maximum atomic E-state index is 12.4. The largest absolute Gasteiger partial charge is 0.309 e. The Balaban J connectivity index is 2.00. The second kappa shape index (κ2) is 5.89. The minimum absolute atomic E-state index is 0.0286. The number of benzene rings is 1. The Labute approximate surface area is 137 Å². The highest BCUT2D eigenvalue weighted by Crippen LogP contribution is 2.35. The van der Waals surface area contributed by atoms with Gasteiger partial charge in [0.1, 0.15) is 10.7 Å². The lowest BCUT2D eigenvalue weighted by Gasteiger charge is -2.12. The van der Waals surface area contributed by atoms with Crippen LogP contribution in [-0.2, 0) is 0 Å². The molecule has 0 aliphatic rings. The molecule has 1 unspecified atom stereocenters. The molecule has 114 valence electrons. The zero-order valence-electron chi connectivity index (χ0n) is 13.1. The number of H-pyrrole nitrogens is 1. The maximum Gasteiger partial charge on any atom is 0.259 e. The SMILES string of the molecule is Cc1ccccc1SC(C)c1nc2sc(C)c(C)c2c(=O)[nH]1.